The third-order valence-electron chi connectivity index (χ3n) is 2.75. The molecule has 0 aliphatic carbocycles. The topological polar surface area (TPSA) is 55.1 Å². The number of terminal acetylenes is 1. The third kappa shape index (κ3) is 4.85. The zero-order valence-corrected chi connectivity index (χ0v) is 9.81. The largest absolute Gasteiger partial charge is 0.355 e. The summed E-state index contributed by atoms with van der Waals surface area (Å²) in [4.78, 5) is 11.7. The number of amides is 1. The predicted molar refractivity (Wildman–Crippen MR) is 63.2 cm³/mol. The highest BCUT2D eigenvalue weighted by molar-refractivity contribution is 5.85. The molecule has 0 saturated carbocycles. The number of carbonyl (C=O) groups excluding carboxylic acids is 1. The van der Waals surface area contributed by atoms with E-state index in [1.165, 1.54) is 0 Å². The fraction of sp³-hybridized carbons (Fsp3) is 0.750. The molecule has 3 nitrogen and oxygen atoms in total. The summed E-state index contributed by atoms with van der Waals surface area (Å²) in [6, 6.07) is 0. The lowest BCUT2D eigenvalue weighted by molar-refractivity contribution is -0.126. The molecule has 3 N–H and O–H groups in total. The average molecular weight is 210 g/mol. The van der Waals surface area contributed by atoms with E-state index in [2.05, 4.69) is 11.2 Å². The molecular weight excluding hydrogens is 188 g/mol. The van der Waals surface area contributed by atoms with Crippen molar-refractivity contribution in [2.24, 2.45) is 5.73 Å². The summed E-state index contributed by atoms with van der Waals surface area (Å²) in [7, 11) is 0. The first kappa shape index (κ1) is 14.0. The van der Waals surface area contributed by atoms with Crippen LogP contribution in [0.25, 0.3) is 0 Å². The molecule has 0 bridgehead atoms. The maximum atomic E-state index is 11.7. The monoisotopic (exact) mass is 210 g/mol. The fourth-order valence-electron chi connectivity index (χ4n) is 1.30. The van der Waals surface area contributed by atoms with Crippen LogP contribution in [0, 0.1) is 12.3 Å². The Hall–Kier alpha value is -1.01. The third-order valence-corrected chi connectivity index (χ3v) is 2.75. The van der Waals surface area contributed by atoms with Crippen LogP contribution in [-0.2, 0) is 4.79 Å². The molecule has 0 radical (unpaired) electrons. The molecule has 0 unspecified atom stereocenters. The minimum Gasteiger partial charge on any atom is -0.355 e. The van der Waals surface area contributed by atoms with E-state index in [1.54, 1.807) is 0 Å². The van der Waals surface area contributed by atoms with Crippen LogP contribution in [0.3, 0.4) is 0 Å². The van der Waals surface area contributed by atoms with Gasteiger partial charge >= 0.3 is 0 Å². The molecule has 0 rings (SSSR count). The van der Waals surface area contributed by atoms with Gasteiger partial charge in [0.1, 0.15) is 0 Å². The molecule has 1 amide bonds. The van der Waals surface area contributed by atoms with E-state index in [9.17, 15) is 4.79 Å². The molecule has 0 aromatic rings. The molecule has 0 spiro atoms. The summed E-state index contributed by atoms with van der Waals surface area (Å²) in [5, 5.41) is 2.85. The predicted octanol–water partition coefficient (Wildman–Crippen LogP) is 1.42. The van der Waals surface area contributed by atoms with Gasteiger partial charge in [0.05, 0.1) is 5.54 Å². The van der Waals surface area contributed by atoms with E-state index in [0.717, 1.165) is 19.3 Å². The van der Waals surface area contributed by atoms with Crippen LogP contribution in [0.1, 0.15) is 46.0 Å². The SMILES string of the molecule is C#CCCCCNC(=O)C(N)(CC)CC. The smallest absolute Gasteiger partial charge is 0.240 e. The number of nitrogens with two attached hydrogens (primary N) is 1. The van der Waals surface area contributed by atoms with Gasteiger partial charge in [0.15, 0.2) is 0 Å². The van der Waals surface area contributed by atoms with E-state index in [1.807, 2.05) is 13.8 Å². The molecule has 0 heterocycles. The van der Waals surface area contributed by atoms with E-state index >= 15 is 0 Å². The lowest BCUT2D eigenvalue weighted by Crippen LogP contribution is -2.53. The van der Waals surface area contributed by atoms with Crippen molar-refractivity contribution in [1.29, 1.82) is 0 Å². The van der Waals surface area contributed by atoms with Crippen molar-refractivity contribution < 1.29 is 4.79 Å². The van der Waals surface area contributed by atoms with Crippen LogP contribution in [0.5, 0.6) is 0 Å². The molecule has 15 heavy (non-hydrogen) atoms. The quantitative estimate of drug-likeness (QED) is 0.493. The second-order valence-corrected chi connectivity index (χ2v) is 3.78. The van der Waals surface area contributed by atoms with E-state index in [0.29, 0.717) is 19.4 Å². The summed E-state index contributed by atoms with van der Waals surface area (Å²) in [5.74, 6) is 2.52. The Morgan fingerprint density at radius 3 is 2.47 bits per heavy atom. The number of hydrogen-bond donors (Lipinski definition) is 2. The summed E-state index contributed by atoms with van der Waals surface area (Å²) >= 11 is 0. The van der Waals surface area contributed by atoms with Crippen molar-refractivity contribution in [2.75, 3.05) is 6.54 Å². The summed E-state index contributed by atoms with van der Waals surface area (Å²) in [6.45, 7) is 4.53. The van der Waals surface area contributed by atoms with Gasteiger partial charge in [0, 0.05) is 13.0 Å². The highest BCUT2D eigenvalue weighted by atomic mass is 16.2. The van der Waals surface area contributed by atoms with Crippen molar-refractivity contribution in [3.63, 3.8) is 0 Å². The second-order valence-electron chi connectivity index (χ2n) is 3.78. The van der Waals surface area contributed by atoms with Gasteiger partial charge in [-0.05, 0) is 25.7 Å². The molecule has 0 atom stereocenters. The number of nitrogens with one attached hydrogen (secondary N) is 1. The molecule has 0 aromatic heterocycles. The molecule has 0 aromatic carbocycles. The Morgan fingerprint density at radius 1 is 1.40 bits per heavy atom. The van der Waals surface area contributed by atoms with Crippen molar-refractivity contribution >= 4 is 5.91 Å². The molecule has 0 aliphatic rings. The summed E-state index contributed by atoms with van der Waals surface area (Å²) in [6.07, 6.45) is 9.09. The van der Waals surface area contributed by atoms with Gasteiger partial charge in [0.2, 0.25) is 5.91 Å². The lowest BCUT2D eigenvalue weighted by Gasteiger charge is -2.25. The van der Waals surface area contributed by atoms with Crippen molar-refractivity contribution in [2.45, 2.75) is 51.5 Å². The normalized spacial score (nSPS) is 10.8. The molecule has 0 fully saturated rings. The van der Waals surface area contributed by atoms with Gasteiger partial charge in [-0.25, -0.2) is 0 Å². The van der Waals surface area contributed by atoms with Crippen LogP contribution in [-0.4, -0.2) is 18.0 Å². The van der Waals surface area contributed by atoms with Crippen molar-refractivity contribution in [1.82, 2.24) is 5.32 Å². The van der Waals surface area contributed by atoms with E-state index < -0.39 is 5.54 Å². The van der Waals surface area contributed by atoms with Crippen LogP contribution in [0.2, 0.25) is 0 Å². The van der Waals surface area contributed by atoms with Gasteiger partial charge in [-0.15, -0.1) is 12.3 Å². The van der Waals surface area contributed by atoms with Gasteiger partial charge < -0.3 is 11.1 Å². The molecule has 0 aliphatic heterocycles. The minimum atomic E-state index is -0.702. The minimum absolute atomic E-state index is 0.0480. The van der Waals surface area contributed by atoms with Crippen LogP contribution in [0.15, 0.2) is 0 Å². The van der Waals surface area contributed by atoms with Gasteiger partial charge in [0.25, 0.3) is 0 Å². The zero-order valence-electron chi connectivity index (χ0n) is 9.81. The molecule has 3 heteroatoms. The first-order chi connectivity index (χ1) is 7.10. The van der Waals surface area contributed by atoms with E-state index in [4.69, 9.17) is 12.2 Å². The Kier molecular flexibility index (Phi) is 6.81. The van der Waals surface area contributed by atoms with Gasteiger partial charge in [-0.2, -0.15) is 0 Å². The van der Waals surface area contributed by atoms with Gasteiger partial charge in [-0.1, -0.05) is 13.8 Å². The lowest BCUT2D eigenvalue weighted by atomic mass is 9.93. The highest BCUT2D eigenvalue weighted by Gasteiger charge is 2.29. The highest BCUT2D eigenvalue weighted by Crippen LogP contribution is 2.10. The summed E-state index contributed by atoms with van der Waals surface area (Å²) in [5.41, 5.74) is 5.23. The Balaban J connectivity index is 3.78. The Bertz CT molecular complexity index is 226. The van der Waals surface area contributed by atoms with Crippen LogP contribution < -0.4 is 11.1 Å². The standard InChI is InChI=1S/C12H22N2O/c1-4-7-8-9-10-14-11(15)12(13,5-2)6-3/h1H,5-10,13H2,2-3H3,(H,14,15). The number of hydrogen-bond acceptors (Lipinski definition) is 2. The average Bonchev–Trinajstić information content (AvgIpc) is 2.27. The molecular formula is C12H22N2O. The Morgan fingerprint density at radius 2 is 2.00 bits per heavy atom. The number of unbranched alkanes of at least 4 members (excludes halogenated alkanes) is 2. The van der Waals surface area contributed by atoms with Gasteiger partial charge in [-0.3, -0.25) is 4.79 Å². The Labute approximate surface area is 92.8 Å². The number of carbonyl (C=O) groups is 1. The van der Waals surface area contributed by atoms with Crippen molar-refractivity contribution in [3.8, 4) is 12.3 Å². The zero-order chi connectivity index (χ0) is 11.7. The second kappa shape index (κ2) is 7.30. The van der Waals surface area contributed by atoms with Crippen molar-refractivity contribution in [3.05, 3.63) is 0 Å². The van der Waals surface area contributed by atoms with Crippen LogP contribution in [0.4, 0.5) is 0 Å². The first-order valence-electron chi connectivity index (χ1n) is 5.61. The molecule has 0 saturated heterocycles. The fourth-order valence-corrected chi connectivity index (χ4v) is 1.30. The molecule has 86 valence electrons. The first-order valence-corrected chi connectivity index (χ1v) is 5.61. The summed E-state index contributed by atoms with van der Waals surface area (Å²) < 4.78 is 0. The maximum absolute atomic E-state index is 11.7. The van der Waals surface area contributed by atoms with E-state index in [-0.39, 0.29) is 5.91 Å². The maximum Gasteiger partial charge on any atom is 0.240 e. The number of rotatable bonds is 7. The van der Waals surface area contributed by atoms with Crippen LogP contribution >= 0.6 is 0 Å².